The number of rotatable bonds is 4. The van der Waals surface area contributed by atoms with E-state index >= 15 is 0 Å². The summed E-state index contributed by atoms with van der Waals surface area (Å²) in [4.78, 5) is 13.0. The maximum absolute atomic E-state index is 12.9. The molecule has 2 nitrogen and oxygen atoms in total. The van der Waals surface area contributed by atoms with Crippen LogP contribution in [0.3, 0.4) is 0 Å². The monoisotopic (exact) mass is 304 g/mol. The number of carbonyl (C=O) groups excluding carboxylic acids is 1. The minimum atomic E-state index is -1.50. The largest absolute Gasteiger partial charge is 0.293 e. The smallest absolute Gasteiger partial charge is 0.178 e. The minimum Gasteiger partial charge on any atom is -0.293 e. The van der Waals surface area contributed by atoms with Crippen molar-refractivity contribution in [3.63, 3.8) is 0 Å². The molecule has 4 heteroatoms. The Hall–Kier alpha value is -1.81. The first kappa shape index (κ1) is 15.6. The molecule has 0 aliphatic carbocycles. The highest BCUT2D eigenvalue weighted by Gasteiger charge is 2.24. The Bertz CT molecular complexity index is 692. The lowest BCUT2D eigenvalue weighted by Gasteiger charge is -2.13. The molecule has 110 valence electrons. The maximum atomic E-state index is 12.9. The van der Waals surface area contributed by atoms with Crippen molar-refractivity contribution in [1.29, 1.82) is 0 Å². The molecule has 2 aromatic carbocycles. The van der Waals surface area contributed by atoms with E-state index < -0.39 is 16.0 Å². The summed E-state index contributed by atoms with van der Waals surface area (Å²) in [6.45, 7) is 5.42. The third-order valence-electron chi connectivity index (χ3n) is 3.39. The standard InChI is InChI=1S/C17H17FO2S/c1-11-4-5-12(2)16(10-11)17(19)13(3)21(20)15-8-6-14(18)7-9-15/h4-10,13H,1-3H3. The van der Waals surface area contributed by atoms with Crippen LogP contribution in [0.1, 0.15) is 28.4 Å². The van der Waals surface area contributed by atoms with E-state index in [0.29, 0.717) is 10.5 Å². The molecule has 2 aromatic rings. The van der Waals surface area contributed by atoms with Crippen molar-refractivity contribution in [2.75, 3.05) is 0 Å². The van der Waals surface area contributed by atoms with Gasteiger partial charge in [-0.15, -0.1) is 0 Å². The van der Waals surface area contributed by atoms with E-state index in [1.807, 2.05) is 32.0 Å². The van der Waals surface area contributed by atoms with Crippen LogP contribution in [0.2, 0.25) is 0 Å². The quantitative estimate of drug-likeness (QED) is 0.805. The van der Waals surface area contributed by atoms with Gasteiger partial charge in [0.2, 0.25) is 0 Å². The van der Waals surface area contributed by atoms with Crippen LogP contribution < -0.4 is 0 Å². The number of Topliss-reactive ketones (excluding diaryl/α,β-unsaturated/α-hetero) is 1. The molecule has 2 rings (SSSR count). The second-order valence-electron chi connectivity index (χ2n) is 5.08. The van der Waals surface area contributed by atoms with Gasteiger partial charge in [0, 0.05) is 10.5 Å². The summed E-state index contributed by atoms with van der Waals surface area (Å²) in [5.41, 5.74) is 2.45. The van der Waals surface area contributed by atoms with Gasteiger partial charge in [0.15, 0.2) is 5.78 Å². The predicted octanol–water partition coefficient (Wildman–Crippen LogP) is 3.82. The summed E-state index contributed by atoms with van der Waals surface area (Å²) in [6, 6.07) is 11.1. The molecule has 0 radical (unpaired) electrons. The Morgan fingerprint density at radius 2 is 1.71 bits per heavy atom. The number of halogens is 1. The van der Waals surface area contributed by atoms with Gasteiger partial charge in [0.1, 0.15) is 5.82 Å². The molecule has 0 amide bonds. The van der Waals surface area contributed by atoms with Gasteiger partial charge in [-0.05, 0) is 56.7 Å². The average molecular weight is 304 g/mol. The summed E-state index contributed by atoms with van der Waals surface area (Å²) < 4.78 is 25.3. The van der Waals surface area contributed by atoms with Crippen molar-refractivity contribution in [2.45, 2.75) is 30.9 Å². The van der Waals surface area contributed by atoms with Crippen molar-refractivity contribution in [3.05, 3.63) is 65.0 Å². The highest BCUT2D eigenvalue weighted by Crippen LogP contribution is 2.19. The molecule has 0 spiro atoms. The molecular formula is C17H17FO2S. The van der Waals surface area contributed by atoms with Crippen LogP contribution in [0.15, 0.2) is 47.4 Å². The number of hydrogen-bond acceptors (Lipinski definition) is 2. The van der Waals surface area contributed by atoms with Gasteiger partial charge >= 0.3 is 0 Å². The van der Waals surface area contributed by atoms with E-state index in [4.69, 9.17) is 0 Å². The van der Waals surface area contributed by atoms with Crippen LogP contribution in [0, 0.1) is 19.7 Å². The van der Waals surface area contributed by atoms with E-state index in [1.54, 1.807) is 6.92 Å². The van der Waals surface area contributed by atoms with Gasteiger partial charge in [-0.1, -0.05) is 17.7 Å². The SMILES string of the molecule is Cc1ccc(C)c(C(=O)C(C)S(=O)c2ccc(F)cc2)c1. The lowest BCUT2D eigenvalue weighted by atomic mass is 10.0. The zero-order valence-electron chi connectivity index (χ0n) is 12.2. The number of ketones is 1. The van der Waals surface area contributed by atoms with Crippen LogP contribution in [-0.2, 0) is 10.8 Å². The lowest BCUT2D eigenvalue weighted by Crippen LogP contribution is -2.23. The molecule has 0 fully saturated rings. The van der Waals surface area contributed by atoms with Crippen molar-refractivity contribution < 1.29 is 13.4 Å². The number of benzene rings is 2. The van der Waals surface area contributed by atoms with Crippen molar-refractivity contribution in [1.82, 2.24) is 0 Å². The average Bonchev–Trinajstić information content (AvgIpc) is 2.48. The molecule has 21 heavy (non-hydrogen) atoms. The van der Waals surface area contributed by atoms with Crippen molar-refractivity contribution >= 4 is 16.6 Å². The highest BCUT2D eigenvalue weighted by atomic mass is 32.2. The van der Waals surface area contributed by atoms with Crippen LogP contribution in [0.25, 0.3) is 0 Å². The molecule has 0 saturated heterocycles. The molecule has 0 aliphatic heterocycles. The van der Waals surface area contributed by atoms with Gasteiger partial charge in [-0.25, -0.2) is 4.39 Å². The van der Waals surface area contributed by atoms with Gasteiger partial charge < -0.3 is 0 Å². The van der Waals surface area contributed by atoms with Crippen LogP contribution in [-0.4, -0.2) is 15.2 Å². The zero-order valence-corrected chi connectivity index (χ0v) is 13.0. The number of aryl methyl sites for hydroxylation is 2. The van der Waals surface area contributed by atoms with Crippen LogP contribution >= 0.6 is 0 Å². The maximum Gasteiger partial charge on any atom is 0.178 e. The molecular weight excluding hydrogens is 287 g/mol. The van der Waals surface area contributed by atoms with Gasteiger partial charge in [-0.2, -0.15) is 0 Å². The Balaban J connectivity index is 2.28. The topological polar surface area (TPSA) is 34.1 Å². The van der Waals surface area contributed by atoms with Gasteiger partial charge in [-0.3, -0.25) is 9.00 Å². The Labute approximate surface area is 126 Å². The molecule has 0 heterocycles. The highest BCUT2D eigenvalue weighted by molar-refractivity contribution is 7.86. The Kier molecular flexibility index (Phi) is 4.68. The van der Waals surface area contributed by atoms with E-state index in [2.05, 4.69) is 0 Å². The van der Waals surface area contributed by atoms with Crippen LogP contribution in [0.4, 0.5) is 4.39 Å². The molecule has 2 unspecified atom stereocenters. The van der Waals surface area contributed by atoms with Gasteiger partial charge in [0.05, 0.1) is 16.0 Å². The first-order valence-corrected chi connectivity index (χ1v) is 7.89. The Morgan fingerprint density at radius 3 is 2.33 bits per heavy atom. The molecule has 2 atom stereocenters. The van der Waals surface area contributed by atoms with E-state index in [1.165, 1.54) is 24.3 Å². The summed E-state index contributed by atoms with van der Waals surface area (Å²) in [7, 11) is -1.50. The first-order valence-electron chi connectivity index (χ1n) is 6.68. The third kappa shape index (κ3) is 3.45. The van der Waals surface area contributed by atoms with E-state index in [-0.39, 0.29) is 11.6 Å². The van der Waals surface area contributed by atoms with E-state index in [9.17, 15) is 13.4 Å². The summed E-state index contributed by atoms with van der Waals surface area (Å²) in [5, 5.41) is -0.670. The second kappa shape index (κ2) is 6.31. The fraction of sp³-hybridized carbons (Fsp3) is 0.235. The van der Waals surface area contributed by atoms with Crippen molar-refractivity contribution in [3.8, 4) is 0 Å². The summed E-state index contributed by atoms with van der Waals surface area (Å²) in [5.74, 6) is -0.539. The third-order valence-corrected chi connectivity index (χ3v) is 4.99. The molecule has 0 aromatic heterocycles. The van der Waals surface area contributed by atoms with Crippen LogP contribution in [0.5, 0.6) is 0 Å². The normalized spacial score (nSPS) is 13.7. The fourth-order valence-electron chi connectivity index (χ4n) is 2.09. The predicted molar refractivity (Wildman–Crippen MR) is 82.5 cm³/mol. The Morgan fingerprint density at radius 1 is 1.10 bits per heavy atom. The van der Waals surface area contributed by atoms with E-state index in [0.717, 1.165) is 11.1 Å². The second-order valence-corrected chi connectivity index (χ2v) is 6.85. The summed E-state index contributed by atoms with van der Waals surface area (Å²) in [6.07, 6.45) is 0. The minimum absolute atomic E-state index is 0.154. The summed E-state index contributed by atoms with van der Waals surface area (Å²) >= 11 is 0. The molecule has 0 bridgehead atoms. The lowest BCUT2D eigenvalue weighted by molar-refractivity contribution is 0.0992. The van der Waals surface area contributed by atoms with Crippen molar-refractivity contribution in [2.24, 2.45) is 0 Å². The molecule has 0 saturated carbocycles. The fourth-order valence-corrected chi connectivity index (χ4v) is 3.22. The van der Waals surface area contributed by atoms with Gasteiger partial charge in [0.25, 0.3) is 0 Å². The zero-order chi connectivity index (χ0) is 15.6. The first-order chi connectivity index (χ1) is 9.90. The number of carbonyl (C=O) groups is 1. The number of hydrogen-bond donors (Lipinski definition) is 0. The molecule has 0 aliphatic rings. The molecule has 0 N–H and O–H groups in total.